The fourth-order valence-electron chi connectivity index (χ4n) is 3.00. The molecule has 2 rings (SSSR count). The number of hydrogen-bond donors (Lipinski definition) is 1. The summed E-state index contributed by atoms with van der Waals surface area (Å²) in [7, 11) is 2.08. The molecule has 1 saturated carbocycles. The number of nitro benzene ring substituents is 1. The minimum Gasteiger partial charge on any atom is -0.393 e. The Morgan fingerprint density at radius 1 is 1.29 bits per heavy atom. The van der Waals surface area contributed by atoms with Gasteiger partial charge in [0.15, 0.2) is 0 Å². The van der Waals surface area contributed by atoms with Crippen molar-refractivity contribution in [2.45, 2.75) is 38.2 Å². The smallest absolute Gasteiger partial charge is 0.269 e. The van der Waals surface area contributed by atoms with Crippen molar-refractivity contribution in [3.8, 4) is 0 Å². The molecule has 1 N–H and O–H groups in total. The van der Waals surface area contributed by atoms with Crippen LogP contribution in [0, 0.1) is 16.0 Å². The topological polar surface area (TPSA) is 66.6 Å². The Morgan fingerprint density at radius 2 is 1.95 bits per heavy atom. The maximum atomic E-state index is 10.6. The lowest BCUT2D eigenvalue weighted by Gasteiger charge is -2.31. The average Bonchev–Trinajstić information content (AvgIpc) is 2.48. The molecule has 0 aliphatic heterocycles. The van der Waals surface area contributed by atoms with Crippen LogP contribution in [-0.4, -0.2) is 41.2 Å². The van der Waals surface area contributed by atoms with E-state index in [1.165, 1.54) is 6.42 Å². The van der Waals surface area contributed by atoms with E-state index in [0.29, 0.717) is 5.92 Å². The zero-order valence-corrected chi connectivity index (χ0v) is 12.6. The fourth-order valence-corrected chi connectivity index (χ4v) is 3.00. The highest BCUT2D eigenvalue weighted by atomic mass is 16.6. The summed E-state index contributed by atoms with van der Waals surface area (Å²) in [6.07, 6.45) is 5.13. The number of non-ortho nitro benzene ring substituents is 1. The first-order valence-corrected chi connectivity index (χ1v) is 7.66. The maximum absolute atomic E-state index is 10.6. The number of nitrogens with zero attached hydrogens (tertiary/aromatic N) is 2. The summed E-state index contributed by atoms with van der Waals surface area (Å²) in [6.45, 7) is 1.83. The summed E-state index contributed by atoms with van der Waals surface area (Å²) in [4.78, 5) is 12.5. The van der Waals surface area contributed by atoms with E-state index in [1.54, 1.807) is 12.1 Å². The lowest BCUT2D eigenvalue weighted by atomic mass is 9.86. The third-order valence-corrected chi connectivity index (χ3v) is 4.34. The zero-order chi connectivity index (χ0) is 15.2. The predicted molar refractivity (Wildman–Crippen MR) is 82.3 cm³/mol. The van der Waals surface area contributed by atoms with Gasteiger partial charge in [0, 0.05) is 25.2 Å². The van der Waals surface area contributed by atoms with Crippen LogP contribution in [0.4, 0.5) is 5.69 Å². The lowest BCUT2D eigenvalue weighted by Crippen LogP contribution is -2.35. The molecule has 0 amide bonds. The van der Waals surface area contributed by atoms with Crippen LogP contribution in [-0.2, 0) is 6.42 Å². The summed E-state index contributed by atoms with van der Waals surface area (Å²) >= 11 is 0. The first kappa shape index (κ1) is 15.9. The van der Waals surface area contributed by atoms with Crippen molar-refractivity contribution >= 4 is 5.69 Å². The van der Waals surface area contributed by atoms with E-state index in [2.05, 4.69) is 11.9 Å². The van der Waals surface area contributed by atoms with Gasteiger partial charge in [-0.3, -0.25) is 10.1 Å². The second kappa shape index (κ2) is 7.52. The maximum Gasteiger partial charge on any atom is 0.269 e. The molecule has 1 aliphatic rings. The van der Waals surface area contributed by atoms with Crippen molar-refractivity contribution in [3.05, 3.63) is 39.9 Å². The van der Waals surface area contributed by atoms with Crippen LogP contribution in [0.1, 0.15) is 31.2 Å². The third kappa shape index (κ3) is 4.79. The highest BCUT2D eigenvalue weighted by molar-refractivity contribution is 5.32. The molecular formula is C16H24N2O3. The number of likely N-dealkylation sites (N-methyl/N-ethyl adjacent to an activating group) is 1. The molecule has 1 aromatic carbocycles. The second-order valence-electron chi connectivity index (χ2n) is 6.05. The Kier molecular flexibility index (Phi) is 5.70. The molecule has 21 heavy (non-hydrogen) atoms. The van der Waals surface area contributed by atoms with Gasteiger partial charge in [0.05, 0.1) is 11.0 Å². The summed E-state index contributed by atoms with van der Waals surface area (Å²) < 4.78 is 0. The van der Waals surface area contributed by atoms with E-state index in [4.69, 9.17) is 0 Å². The fraction of sp³-hybridized carbons (Fsp3) is 0.625. The molecule has 5 nitrogen and oxygen atoms in total. The molecule has 0 heterocycles. The SMILES string of the molecule is CN(CCc1ccc([N+](=O)[O-])cc1)CC1CCCCC1O. The van der Waals surface area contributed by atoms with E-state index in [0.717, 1.165) is 44.3 Å². The van der Waals surface area contributed by atoms with Crippen molar-refractivity contribution in [1.29, 1.82) is 0 Å². The van der Waals surface area contributed by atoms with Gasteiger partial charge < -0.3 is 10.0 Å². The van der Waals surface area contributed by atoms with Gasteiger partial charge >= 0.3 is 0 Å². The van der Waals surface area contributed by atoms with Gasteiger partial charge in [0.1, 0.15) is 0 Å². The van der Waals surface area contributed by atoms with Crippen molar-refractivity contribution in [1.82, 2.24) is 4.90 Å². The largest absolute Gasteiger partial charge is 0.393 e. The molecule has 5 heteroatoms. The zero-order valence-electron chi connectivity index (χ0n) is 12.6. The molecule has 116 valence electrons. The number of benzene rings is 1. The van der Waals surface area contributed by atoms with Gasteiger partial charge in [-0.1, -0.05) is 25.0 Å². The first-order chi connectivity index (χ1) is 10.1. The van der Waals surface area contributed by atoms with Crippen molar-refractivity contribution in [2.75, 3.05) is 20.1 Å². The van der Waals surface area contributed by atoms with Crippen LogP contribution < -0.4 is 0 Å². The molecule has 0 bridgehead atoms. The van der Waals surface area contributed by atoms with Gasteiger partial charge in [0.2, 0.25) is 0 Å². The van der Waals surface area contributed by atoms with Crippen molar-refractivity contribution in [3.63, 3.8) is 0 Å². The standard InChI is InChI=1S/C16H24N2O3/c1-17(12-14-4-2-3-5-16(14)19)11-10-13-6-8-15(9-7-13)18(20)21/h6-9,14,16,19H,2-5,10-12H2,1H3. The molecule has 1 fully saturated rings. The number of aliphatic hydroxyl groups excluding tert-OH is 1. The number of aliphatic hydroxyl groups is 1. The Hall–Kier alpha value is -1.46. The van der Waals surface area contributed by atoms with Gasteiger partial charge in [-0.2, -0.15) is 0 Å². The third-order valence-electron chi connectivity index (χ3n) is 4.34. The Labute approximate surface area is 125 Å². The minimum atomic E-state index is -0.375. The molecule has 0 spiro atoms. The van der Waals surface area contributed by atoms with Crippen LogP contribution in [0.25, 0.3) is 0 Å². The van der Waals surface area contributed by atoms with Crippen LogP contribution in [0.5, 0.6) is 0 Å². The Morgan fingerprint density at radius 3 is 2.57 bits per heavy atom. The Bertz CT molecular complexity index is 461. The average molecular weight is 292 g/mol. The van der Waals surface area contributed by atoms with E-state index in [9.17, 15) is 15.2 Å². The van der Waals surface area contributed by atoms with E-state index < -0.39 is 0 Å². The first-order valence-electron chi connectivity index (χ1n) is 7.66. The van der Waals surface area contributed by atoms with Gasteiger partial charge in [0.25, 0.3) is 5.69 Å². The Balaban J connectivity index is 1.77. The van der Waals surface area contributed by atoms with Crippen LogP contribution in [0.15, 0.2) is 24.3 Å². The molecule has 2 atom stereocenters. The molecule has 0 radical (unpaired) electrons. The molecule has 1 aliphatic carbocycles. The van der Waals surface area contributed by atoms with Gasteiger partial charge in [-0.05, 0) is 37.8 Å². The predicted octanol–water partition coefficient (Wildman–Crippen LogP) is 2.62. The summed E-state index contributed by atoms with van der Waals surface area (Å²) in [5.41, 5.74) is 1.24. The summed E-state index contributed by atoms with van der Waals surface area (Å²) in [5, 5.41) is 20.6. The molecular weight excluding hydrogens is 268 g/mol. The van der Waals surface area contributed by atoms with Crippen molar-refractivity contribution in [2.24, 2.45) is 5.92 Å². The summed E-state index contributed by atoms with van der Waals surface area (Å²) in [5.74, 6) is 0.389. The molecule has 1 aromatic rings. The van der Waals surface area contributed by atoms with Gasteiger partial charge in [-0.15, -0.1) is 0 Å². The number of rotatable bonds is 6. The van der Waals surface area contributed by atoms with E-state index in [-0.39, 0.29) is 16.7 Å². The monoisotopic (exact) mass is 292 g/mol. The van der Waals surface area contributed by atoms with Crippen LogP contribution >= 0.6 is 0 Å². The molecule has 0 aromatic heterocycles. The summed E-state index contributed by atoms with van der Waals surface area (Å²) in [6, 6.07) is 6.75. The normalized spacial score (nSPS) is 22.4. The number of nitro groups is 1. The second-order valence-corrected chi connectivity index (χ2v) is 6.05. The van der Waals surface area contributed by atoms with Gasteiger partial charge in [-0.25, -0.2) is 0 Å². The highest BCUT2D eigenvalue weighted by Crippen LogP contribution is 2.24. The van der Waals surface area contributed by atoms with Crippen LogP contribution in [0.2, 0.25) is 0 Å². The van der Waals surface area contributed by atoms with E-state index in [1.807, 2.05) is 12.1 Å². The van der Waals surface area contributed by atoms with Crippen LogP contribution in [0.3, 0.4) is 0 Å². The number of hydrogen-bond acceptors (Lipinski definition) is 4. The quantitative estimate of drug-likeness (QED) is 0.646. The molecule has 0 saturated heterocycles. The lowest BCUT2D eigenvalue weighted by molar-refractivity contribution is -0.384. The molecule has 2 unspecified atom stereocenters. The van der Waals surface area contributed by atoms with E-state index >= 15 is 0 Å². The highest BCUT2D eigenvalue weighted by Gasteiger charge is 2.23. The minimum absolute atomic E-state index is 0.137. The van der Waals surface area contributed by atoms with Crippen molar-refractivity contribution < 1.29 is 10.0 Å².